The molecule has 2 aliphatic rings. The van der Waals surface area contributed by atoms with Crippen molar-refractivity contribution in [2.24, 2.45) is 0 Å². The zero-order valence-corrected chi connectivity index (χ0v) is 18.3. The summed E-state index contributed by atoms with van der Waals surface area (Å²) < 4.78 is 67.7. The highest BCUT2D eigenvalue weighted by atomic mass is 19.4. The van der Waals surface area contributed by atoms with Crippen LogP contribution >= 0.6 is 0 Å². The number of aromatic amines is 1. The summed E-state index contributed by atoms with van der Waals surface area (Å²) >= 11 is 0. The zero-order chi connectivity index (χ0) is 24.8. The number of amides is 1. The molecule has 3 atom stereocenters. The number of nitrogens with zero attached hydrogens (tertiary/aromatic N) is 4. The van der Waals surface area contributed by atoms with E-state index < -0.39 is 37.4 Å². The molecule has 0 unspecified atom stereocenters. The molecule has 1 saturated carbocycles. The third kappa shape index (κ3) is 5.30. The van der Waals surface area contributed by atoms with Crippen molar-refractivity contribution in [3.05, 3.63) is 35.9 Å². The Kier molecular flexibility index (Phi) is 5.75. The summed E-state index contributed by atoms with van der Waals surface area (Å²) in [7, 11) is 0. The lowest BCUT2D eigenvalue weighted by Crippen LogP contribution is -2.39. The van der Waals surface area contributed by atoms with Crippen LogP contribution in [0, 0.1) is 0 Å². The summed E-state index contributed by atoms with van der Waals surface area (Å²) in [6, 6.07) is 2.89. The predicted octanol–water partition coefficient (Wildman–Crippen LogP) is 3.29. The molecule has 1 amide bonds. The van der Waals surface area contributed by atoms with Gasteiger partial charge in [-0.3, -0.25) is 9.84 Å². The van der Waals surface area contributed by atoms with Crippen molar-refractivity contribution in [3.63, 3.8) is 0 Å². The molecular weight excluding hydrogens is 478 g/mol. The molecule has 3 aromatic rings. The van der Waals surface area contributed by atoms with Gasteiger partial charge in [0.05, 0.1) is 18.0 Å². The molecule has 15 heteroatoms. The van der Waals surface area contributed by atoms with E-state index in [0.717, 1.165) is 12.8 Å². The van der Waals surface area contributed by atoms with Crippen molar-refractivity contribution in [3.8, 4) is 0 Å². The predicted molar refractivity (Wildman–Crippen MR) is 110 cm³/mol. The van der Waals surface area contributed by atoms with Crippen molar-refractivity contribution < 1.29 is 36.6 Å². The molecule has 35 heavy (non-hydrogen) atoms. The Morgan fingerprint density at radius 3 is 2.91 bits per heavy atom. The topological polar surface area (TPSA) is 128 Å². The van der Waals surface area contributed by atoms with E-state index in [1.165, 1.54) is 29.0 Å². The van der Waals surface area contributed by atoms with E-state index in [0.29, 0.717) is 11.2 Å². The van der Waals surface area contributed by atoms with E-state index in [-0.39, 0.29) is 29.5 Å². The average Bonchev–Trinajstić information content (AvgIpc) is 3.14. The summed E-state index contributed by atoms with van der Waals surface area (Å²) in [4.78, 5) is 16.2. The molecule has 1 aliphatic heterocycles. The number of fused-ring (bicyclic) bond motifs is 1. The van der Waals surface area contributed by atoms with E-state index in [4.69, 9.17) is 9.47 Å². The number of anilines is 2. The molecule has 5 rings (SSSR count). The van der Waals surface area contributed by atoms with Gasteiger partial charge in [-0.2, -0.15) is 10.2 Å². The molecule has 1 aliphatic carbocycles. The third-order valence-corrected chi connectivity index (χ3v) is 5.72. The van der Waals surface area contributed by atoms with E-state index in [2.05, 4.69) is 35.7 Å². The number of hydrogen-bond donors (Lipinski definition) is 3. The normalized spacial score (nSPS) is 23.4. The second kappa shape index (κ2) is 8.64. The fourth-order valence-electron chi connectivity index (χ4n) is 3.63. The molecule has 0 radical (unpaired) electrons. The lowest BCUT2D eigenvalue weighted by molar-refractivity contribution is -0.330. The number of hydrogen-bond acceptors (Lipinski definition) is 8. The zero-order valence-electron chi connectivity index (χ0n) is 18.3. The van der Waals surface area contributed by atoms with Crippen LogP contribution in [-0.4, -0.2) is 61.7 Å². The Labute approximate surface area is 195 Å². The summed E-state index contributed by atoms with van der Waals surface area (Å²) in [5.41, 5.74) is 0.443. The molecule has 0 aromatic carbocycles. The highest BCUT2D eigenvalue weighted by Crippen LogP contribution is 2.36. The summed E-state index contributed by atoms with van der Waals surface area (Å²) in [6.07, 6.45) is -4.62. The van der Waals surface area contributed by atoms with E-state index in [1.807, 2.05) is 6.92 Å². The second-order valence-electron chi connectivity index (χ2n) is 8.64. The average molecular weight is 499 g/mol. The first-order chi connectivity index (χ1) is 16.6. The molecule has 3 aromatic heterocycles. The molecule has 188 valence electrons. The molecule has 0 spiro atoms. The number of carbonyl (C=O) groups excluding carboxylic acids is 1. The van der Waals surface area contributed by atoms with E-state index in [1.54, 1.807) is 0 Å². The Hall–Kier alpha value is -3.46. The molecular formula is C20H21F4N7O4. The van der Waals surface area contributed by atoms with Gasteiger partial charge in [0.15, 0.2) is 23.9 Å². The van der Waals surface area contributed by atoms with Gasteiger partial charge >= 0.3 is 12.5 Å². The largest absolute Gasteiger partial charge is 0.522 e. The fourth-order valence-corrected chi connectivity index (χ4v) is 3.63. The molecule has 4 heterocycles. The highest BCUT2D eigenvalue weighted by molar-refractivity contribution is 5.72. The van der Waals surface area contributed by atoms with Gasteiger partial charge < -0.3 is 20.1 Å². The molecule has 0 bridgehead atoms. The van der Waals surface area contributed by atoms with Crippen molar-refractivity contribution in [2.45, 2.75) is 56.7 Å². The van der Waals surface area contributed by atoms with Gasteiger partial charge in [0.2, 0.25) is 0 Å². The number of H-pyrrole nitrogens is 1. The van der Waals surface area contributed by atoms with Crippen LogP contribution in [0.1, 0.15) is 37.3 Å². The van der Waals surface area contributed by atoms with Crippen LogP contribution in [0.5, 0.6) is 0 Å². The monoisotopic (exact) mass is 499 g/mol. The van der Waals surface area contributed by atoms with Crippen LogP contribution in [0.3, 0.4) is 0 Å². The minimum absolute atomic E-state index is 0.0477. The number of aromatic nitrogens is 5. The summed E-state index contributed by atoms with van der Waals surface area (Å²) in [6.45, 7) is 1.01. The van der Waals surface area contributed by atoms with Crippen molar-refractivity contribution in [1.29, 1.82) is 0 Å². The fraction of sp³-hybridized carbons (Fsp3) is 0.500. The molecule has 1 saturated heterocycles. The van der Waals surface area contributed by atoms with Gasteiger partial charge in [-0.1, -0.05) is 0 Å². The van der Waals surface area contributed by atoms with Crippen LogP contribution in [0.15, 0.2) is 24.5 Å². The Balaban J connectivity index is 1.24. The molecule has 3 N–H and O–H groups in total. The van der Waals surface area contributed by atoms with E-state index in [9.17, 15) is 22.4 Å². The number of rotatable bonds is 7. The second-order valence-corrected chi connectivity index (χ2v) is 8.64. The maximum absolute atomic E-state index is 14.9. The van der Waals surface area contributed by atoms with Gasteiger partial charge in [-0.25, -0.2) is 18.7 Å². The number of alkyl halides is 4. The van der Waals surface area contributed by atoms with E-state index >= 15 is 0 Å². The van der Waals surface area contributed by atoms with Gasteiger partial charge in [0.1, 0.15) is 18.2 Å². The highest BCUT2D eigenvalue weighted by Gasteiger charge is 2.44. The first-order valence-corrected chi connectivity index (χ1v) is 10.7. The smallest absolute Gasteiger partial charge is 0.441 e. The minimum atomic E-state index is -4.78. The molecule has 2 fully saturated rings. The third-order valence-electron chi connectivity index (χ3n) is 5.72. The lowest BCUT2D eigenvalue weighted by Gasteiger charge is -2.17. The number of halogens is 4. The Morgan fingerprint density at radius 2 is 2.17 bits per heavy atom. The maximum Gasteiger partial charge on any atom is 0.522 e. The number of carbonyl (C=O) groups is 1. The number of nitrogens with one attached hydrogen (secondary N) is 3. The van der Waals surface area contributed by atoms with Gasteiger partial charge in [-0.15, -0.1) is 13.2 Å². The van der Waals surface area contributed by atoms with Crippen LogP contribution in [0.4, 0.5) is 34.0 Å². The van der Waals surface area contributed by atoms with Gasteiger partial charge in [0, 0.05) is 24.0 Å². The molecule has 11 nitrogen and oxygen atoms in total. The van der Waals surface area contributed by atoms with Crippen LogP contribution < -0.4 is 10.6 Å². The first kappa shape index (κ1) is 23.3. The van der Waals surface area contributed by atoms with Crippen molar-refractivity contribution >= 4 is 23.2 Å². The number of ether oxygens (including phenoxy) is 3. The van der Waals surface area contributed by atoms with Crippen LogP contribution in [0.2, 0.25) is 0 Å². The van der Waals surface area contributed by atoms with Crippen LogP contribution in [0.25, 0.3) is 5.52 Å². The minimum Gasteiger partial charge on any atom is -0.441 e. The quantitative estimate of drug-likeness (QED) is 0.423. The Bertz CT molecular complexity index is 1230. The standard InChI is InChI=1S/C20H21F4N7O4/c1-19(2-3-19)27-18(32)35-13-9-33-16(15(13)21)11-7-14(29-28-11)26-17-12-6-10(8-34-20(22,23)24)30-31(12)5-4-25-17/h4-7,13,15-16H,2-3,8-9H2,1H3,(H,27,32)(H2,25,26,28,29)/t13-,15-,16-/m0/s1. The van der Waals surface area contributed by atoms with Crippen molar-refractivity contribution in [2.75, 3.05) is 11.9 Å². The first-order valence-electron chi connectivity index (χ1n) is 10.7. The van der Waals surface area contributed by atoms with Gasteiger partial charge in [-0.05, 0) is 25.8 Å². The van der Waals surface area contributed by atoms with Crippen molar-refractivity contribution in [1.82, 2.24) is 30.1 Å². The van der Waals surface area contributed by atoms with Gasteiger partial charge in [0.25, 0.3) is 0 Å². The summed E-state index contributed by atoms with van der Waals surface area (Å²) in [5, 5.41) is 16.4. The lowest BCUT2D eigenvalue weighted by atomic mass is 10.1. The SMILES string of the molecule is CC1(NC(=O)O[C@H]2CO[C@@H](c3cc(Nc4nccn5nc(COC(F)(F)F)cc45)n[nH]3)[C@H]2F)CC1. The maximum atomic E-state index is 14.9. The number of alkyl carbamates (subject to hydrolysis) is 1. The van der Waals surface area contributed by atoms with Crippen LogP contribution in [-0.2, 0) is 20.8 Å². The Morgan fingerprint density at radius 1 is 1.37 bits per heavy atom. The summed E-state index contributed by atoms with van der Waals surface area (Å²) in [5.74, 6) is 0.515.